The van der Waals surface area contributed by atoms with E-state index >= 15 is 0 Å². The summed E-state index contributed by atoms with van der Waals surface area (Å²) in [5.74, 6) is 1.96. The van der Waals surface area contributed by atoms with E-state index < -0.39 is 0 Å². The van der Waals surface area contributed by atoms with Crippen molar-refractivity contribution in [3.05, 3.63) is 64.7 Å². The summed E-state index contributed by atoms with van der Waals surface area (Å²) in [7, 11) is 1.65. The van der Waals surface area contributed by atoms with Gasteiger partial charge in [0.2, 0.25) is 5.91 Å². The number of benzene rings is 2. The number of methoxy groups -OCH3 is 1. The molecule has 0 atom stereocenters. The van der Waals surface area contributed by atoms with Crippen molar-refractivity contribution >= 4 is 24.0 Å². The van der Waals surface area contributed by atoms with Crippen molar-refractivity contribution in [2.75, 3.05) is 12.4 Å². The van der Waals surface area contributed by atoms with Crippen LogP contribution < -0.4 is 10.1 Å². The van der Waals surface area contributed by atoms with Crippen LogP contribution in [-0.4, -0.2) is 19.3 Å². The first-order valence-electron chi connectivity index (χ1n) is 13.0. The highest BCUT2D eigenvalue weighted by atomic mass is 16.5. The van der Waals surface area contributed by atoms with Crippen molar-refractivity contribution in [1.29, 1.82) is 0 Å². The number of hydrogen-bond acceptors (Lipinski definition) is 3. The predicted molar refractivity (Wildman–Crippen MR) is 149 cm³/mol. The molecule has 0 bridgehead atoms. The molecule has 1 N–H and O–H groups in total. The van der Waals surface area contributed by atoms with Gasteiger partial charge in [-0.3, -0.25) is 9.59 Å². The monoisotopic (exact) mass is 479 g/mol. The number of rotatable bonds is 7. The van der Waals surface area contributed by atoms with Gasteiger partial charge >= 0.3 is 0 Å². The molecule has 0 spiro atoms. The Balaban J connectivity index is 0.000000354. The summed E-state index contributed by atoms with van der Waals surface area (Å²) in [6.07, 6.45) is 9.23. The van der Waals surface area contributed by atoms with E-state index in [0.717, 1.165) is 65.2 Å². The van der Waals surface area contributed by atoms with Crippen LogP contribution in [0.2, 0.25) is 0 Å². The van der Waals surface area contributed by atoms with E-state index in [9.17, 15) is 9.59 Å². The van der Waals surface area contributed by atoms with Gasteiger partial charge in [0.05, 0.1) is 7.11 Å². The number of anilines is 1. The Hall–Kier alpha value is -2.88. The second-order valence-electron chi connectivity index (χ2n) is 8.88. The molecule has 1 aliphatic rings. The highest BCUT2D eigenvalue weighted by Gasteiger charge is 2.25. The molecule has 2 aromatic carbocycles. The SMILES string of the molecule is C=Cc1cc(C)c(CC)c(C=O)c1.CC.CCC1CCC(C(=O)Nc2ccc(C)c(OC)c2)CC1. The van der Waals surface area contributed by atoms with Gasteiger partial charge in [0.25, 0.3) is 0 Å². The molecular formula is C31H45NO3. The molecule has 0 saturated heterocycles. The third-order valence-corrected chi connectivity index (χ3v) is 6.72. The van der Waals surface area contributed by atoms with E-state index in [0.29, 0.717) is 0 Å². The molecule has 192 valence electrons. The molecule has 1 saturated carbocycles. The Morgan fingerprint density at radius 3 is 2.23 bits per heavy atom. The Morgan fingerprint density at radius 1 is 1.06 bits per heavy atom. The zero-order valence-corrected chi connectivity index (χ0v) is 22.9. The van der Waals surface area contributed by atoms with E-state index in [4.69, 9.17) is 4.74 Å². The van der Waals surface area contributed by atoms with Gasteiger partial charge in [0.1, 0.15) is 12.0 Å². The number of aldehydes is 1. The molecule has 0 unspecified atom stereocenters. The van der Waals surface area contributed by atoms with Gasteiger partial charge in [-0.15, -0.1) is 0 Å². The van der Waals surface area contributed by atoms with Gasteiger partial charge in [0.15, 0.2) is 0 Å². The zero-order chi connectivity index (χ0) is 26.4. The van der Waals surface area contributed by atoms with Crippen molar-refractivity contribution in [3.8, 4) is 5.75 Å². The second-order valence-corrected chi connectivity index (χ2v) is 8.88. The van der Waals surface area contributed by atoms with Crippen LogP contribution in [-0.2, 0) is 11.2 Å². The molecule has 2 aromatic rings. The minimum Gasteiger partial charge on any atom is -0.496 e. The third kappa shape index (κ3) is 9.01. The summed E-state index contributed by atoms with van der Waals surface area (Å²) in [6, 6.07) is 9.74. The smallest absolute Gasteiger partial charge is 0.227 e. The number of nitrogens with one attached hydrogen (secondary N) is 1. The van der Waals surface area contributed by atoms with Crippen LogP contribution in [0.3, 0.4) is 0 Å². The summed E-state index contributed by atoms with van der Waals surface area (Å²) >= 11 is 0. The zero-order valence-electron chi connectivity index (χ0n) is 22.9. The molecule has 0 radical (unpaired) electrons. The van der Waals surface area contributed by atoms with Crippen molar-refractivity contribution in [2.45, 2.75) is 80.1 Å². The normalized spacial score (nSPS) is 16.5. The van der Waals surface area contributed by atoms with Crippen LogP contribution in [0.5, 0.6) is 5.75 Å². The summed E-state index contributed by atoms with van der Waals surface area (Å²) in [4.78, 5) is 23.1. The number of amides is 1. The first kappa shape index (κ1) is 30.2. The van der Waals surface area contributed by atoms with Crippen LogP contribution in [0, 0.1) is 25.7 Å². The molecule has 1 aliphatic carbocycles. The Labute approximate surface area is 213 Å². The summed E-state index contributed by atoms with van der Waals surface area (Å²) in [5.41, 5.74) is 6.01. The van der Waals surface area contributed by atoms with Crippen LogP contribution in [0.1, 0.15) is 92.4 Å². The molecule has 0 heterocycles. The highest BCUT2D eigenvalue weighted by molar-refractivity contribution is 5.92. The number of ether oxygens (including phenoxy) is 1. The van der Waals surface area contributed by atoms with Gasteiger partial charge in [0, 0.05) is 23.2 Å². The topological polar surface area (TPSA) is 55.4 Å². The molecule has 35 heavy (non-hydrogen) atoms. The van der Waals surface area contributed by atoms with Gasteiger partial charge < -0.3 is 10.1 Å². The van der Waals surface area contributed by atoms with Crippen LogP contribution in [0.25, 0.3) is 6.08 Å². The van der Waals surface area contributed by atoms with E-state index in [1.807, 2.05) is 52.0 Å². The summed E-state index contributed by atoms with van der Waals surface area (Å²) in [6.45, 7) is 16.0. The van der Waals surface area contributed by atoms with E-state index in [1.165, 1.54) is 24.8 Å². The lowest BCUT2D eigenvalue weighted by Crippen LogP contribution is -2.27. The lowest BCUT2D eigenvalue weighted by Gasteiger charge is -2.27. The Kier molecular flexibility index (Phi) is 13.7. The van der Waals surface area contributed by atoms with Gasteiger partial charge in [-0.1, -0.05) is 58.9 Å². The van der Waals surface area contributed by atoms with Crippen molar-refractivity contribution in [2.24, 2.45) is 11.8 Å². The second kappa shape index (κ2) is 15.9. The van der Waals surface area contributed by atoms with Crippen molar-refractivity contribution in [3.63, 3.8) is 0 Å². The first-order valence-corrected chi connectivity index (χ1v) is 13.0. The highest BCUT2D eigenvalue weighted by Crippen LogP contribution is 2.31. The van der Waals surface area contributed by atoms with Gasteiger partial charge in [-0.05, 0) is 86.3 Å². The predicted octanol–water partition coefficient (Wildman–Crippen LogP) is 8.20. The standard InChI is InChI=1S/C17H25NO2.C12H14O.C2H6/c1-4-13-6-8-14(9-7-13)17(19)18-15-10-5-12(2)16(11-15)20-3;1-4-10-6-9(3)12(5-2)11(7-10)8-13;1-2/h5,10-11,13-14H,4,6-9H2,1-3H3,(H,18,19);4,6-8H,1,5H2,2-3H3;1-2H3. The Bertz CT molecular complexity index is 956. The minimum absolute atomic E-state index is 0.158. The van der Waals surface area contributed by atoms with Crippen LogP contribution in [0.4, 0.5) is 5.69 Å². The summed E-state index contributed by atoms with van der Waals surface area (Å²) in [5, 5.41) is 3.03. The van der Waals surface area contributed by atoms with E-state index in [1.54, 1.807) is 13.2 Å². The fourth-order valence-corrected chi connectivity index (χ4v) is 4.55. The van der Waals surface area contributed by atoms with E-state index in [2.05, 4.69) is 31.8 Å². The minimum atomic E-state index is 0.158. The number of carbonyl (C=O) groups is 2. The van der Waals surface area contributed by atoms with E-state index in [-0.39, 0.29) is 11.8 Å². The van der Waals surface area contributed by atoms with Crippen LogP contribution >= 0.6 is 0 Å². The summed E-state index contributed by atoms with van der Waals surface area (Å²) < 4.78 is 5.29. The van der Waals surface area contributed by atoms with Crippen molar-refractivity contribution < 1.29 is 14.3 Å². The number of carbonyl (C=O) groups excluding carboxylic acids is 2. The maximum atomic E-state index is 12.3. The van der Waals surface area contributed by atoms with Gasteiger partial charge in [-0.2, -0.15) is 0 Å². The number of hydrogen-bond donors (Lipinski definition) is 1. The molecule has 1 fully saturated rings. The van der Waals surface area contributed by atoms with Crippen LogP contribution in [0.15, 0.2) is 36.9 Å². The van der Waals surface area contributed by atoms with Crippen molar-refractivity contribution in [1.82, 2.24) is 0 Å². The molecular weight excluding hydrogens is 434 g/mol. The average molecular weight is 480 g/mol. The molecule has 4 nitrogen and oxygen atoms in total. The lowest BCUT2D eigenvalue weighted by molar-refractivity contribution is -0.121. The molecule has 1 amide bonds. The quantitative estimate of drug-likeness (QED) is 0.407. The third-order valence-electron chi connectivity index (χ3n) is 6.72. The largest absolute Gasteiger partial charge is 0.496 e. The lowest BCUT2D eigenvalue weighted by atomic mass is 9.80. The molecule has 3 rings (SSSR count). The maximum absolute atomic E-state index is 12.3. The average Bonchev–Trinajstić information content (AvgIpc) is 2.90. The number of aryl methyl sites for hydroxylation is 2. The fourth-order valence-electron chi connectivity index (χ4n) is 4.55. The maximum Gasteiger partial charge on any atom is 0.227 e. The van der Waals surface area contributed by atoms with Gasteiger partial charge in [-0.25, -0.2) is 0 Å². The molecule has 0 aliphatic heterocycles. The molecule has 4 heteroatoms. The first-order chi connectivity index (χ1) is 16.9. The molecule has 0 aromatic heterocycles. The fraction of sp³-hybridized carbons (Fsp3) is 0.484. The Morgan fingerprint density at radius 2 is 1.71 bits per heavy atom.